The van der Waals surface area contributed by atoms with E-state index in [-0.39, 0.29) is 0 Å². The van der Waals surface area contributed by atoms with Crippen molar-refractivity contribution in [2.75, 3.05) is 7.11 Å². The minimum absolute atomic E-state index is 0.875. The van der Waals surface area contributed by atoms with Gasteiger partial charge < -0.3 is 9.30 Å². The first-order valence-corrected chi connectivity index (χ1v) is 8.10. The molecule has 23 heavy (non-hydrogen) atoms. The van der Waals surface area contributed by atoms with E-state index in [1.807, 2.05) is 30.3 Å². The predicted octanol–water partition coefficient (Wildman–Crippen LogP) is 5.02. The summed E-state index contributed by atoms with van der Waals surface area (Å²) in [5.41, 5.74) is 3.30. The zero-order valence-electron chi connectivity index (χ0n) is 13.7. The molecule has 0 unspecified atom stereocenters. The maximum atomic E-state index is 5.41. The molecule has 0 bridgehead atoms. The predicted molar refractivity (Wildman–Crippen MR) is 96.6 cm³/mol. The number of ether oxygens (including phenoxy) is 1. The van der Waals surface area contributed by atoms with Crippen LogP contribution in [-0.4, -0.2) is 16.7 Å². The van der Waals surface area contributed by atoms with Crippen LogP contribution < -0.4 is 4.74 Å². The first-order valence-electron chi connectivity index (χ1n) is 8.10. The van der Waals surface area contributed by atoms with Gasteiger partial charge in [0.2, 0.25) is 0 Å². The average Bonchev–Trinajstić information content (AvgIpc) is 2.96. The molecule has 0 N–H and O–H groups in total. The van der Waals surface area contributed by atoms with Crippen LogP contribution in [0.15, 0.2) is 48.5 Å². The van der Waals surface area contributed by atoms with Crippen LogP contribution in [-0.2, 0) is 6.54 Å². The third-order valence-corrected chi connectivity index (χ3v) is 3.97. The van der Waals surface area contributed by atoms with Crippen LogP contribution in [0.4, 0.5) is 0 Å². The molecule has 0 amide bonds. The highest BCUT2D eigenvalue weighted by molar-refractivity contribution is 5.80. The van der Waals surface area contributed by atoms with E-state index in [2.05, 4.69) is 41.8 Å². The molecule has 0 saturated carbocycles. The van der Waals surface area contributed by atoms with E-state index >= 15 is 0 Å². The second-order valence-electron chi connectivity index (χ2n) is 5.54. The molecule has 0 atom stereocenters. The number of benzene rings is 2. The van der Waals surface area contributed by atoms with Gasteiger partial charge in [0, 0.05) is 12.1 Å². The molecule has 0 aliphatic carbocycles. The Morgan fingerprint density at radius 3 is 2.65 bits per heavy atom. The first kappa shape index (κ1) is 15.3. The number of aryl methyl sites for hydroxylation is 1. The highest BCUT2D eigenvalue weighted by Gasteiger charge is 2.07. The summed E-state index contributed by atoms with van der Waals surface area (Å²) in [6, 6.07) is 16.3. The van der Waals surface area contributed by atoms with Gasteiger partial charge in [0.1, 0.15) is 11.6 Å². The zero-order chi connectivity index (χ0) is 16.1. The Kier molecular flexibility index (Phi) is 4.77. The molecule has 0 fully saturated rings. The van der Waals surface area contributed by atoms with Gasteiger partial charge in [0.15, 0.2) is 0 Å². The smallest absolute Gasteiger partial charge is 0.133 e. The van der Waals surface area contributed by atoms with E-state index in [0.29, 0.717) is 0 Å². The Hall–Kier alpha value is -2.55. The number of para-hydroxylation sites is 3. The van der Waals surface area contributed by atoms with Crippen molar-refractivity contribution in [3.63, 3.8) is 0 Å². The van der Waals surface area contributed by atoms with E-state index in [9.17, 15) is 0 Å². The monoisotopic (exact) mass is 306 g/mol. The molecule has 1 aromatic heterocycles. The van der Waals surface area contributed by atoms with Gasteiger partial charge in [0.25, 0.3) is 0 Å². The number of unbranched alkanes of at least 4 members (excludes halogenated alkanes) is 1. The molecule has 0 aliphatic rings. The number of fused-ring (bicyclic) bond motifs is 1. The number of methoxy groups -OCH3 is 1. The van der Waals surface area contributed by atoms with Crippen molar-refractivity contribution in [3.8, 4) is 5.75 Å². The molecule has 3 aromatic rings. The second-order valence-corrected chi connectivity index (χ2v) is 5.54. The number of imidazole rings is 1. The lowest BCUT2D eigenvalue weighted by atomic mass is 10.2. The lowest BCUT2D eigenvalue weighted by Gasteiger charge is -2.06. The summed E-state index contributed by atoms with van der Waals surface area (Å²) in [7, 11) is 1.70. The van der Waals surface area contributed by atoms with Crippen LogP contribution >= 0.6 is 0 Å². The third-order valence-electron chi connectivity index (χ3n) is 3.97. The van der Waals surface area contributed by atoms with Crippen LogP contribution in [0.25, 0.3) is 23.2 Å². The Morgan fingerprint density at radius 2 is 1.83 bits per heavy atom. The van der Waals surface area contributed by atoms with Crippen LogP contribution in [0.2, 0.25) is 0 Å². The van der Waals surface area contributed by atoms with Crippen molar-refractivity contribution in [1.82, 2.24) is 9.55 Å². The van der Waals surface area contributed by atoms with Gasteiger partial charge in [-0.25, -0.2) is 4.98 Å². The normalized spacial score (nSPS) is 11.4. The van der Waals surface area contributed by atoms with Crippen molar-refractivity contribution in [3.05, 3.63) is 59.9 Å². The van der Waals surface area contributed by atoms with Crippen molar-refractivity contribution in [2.45, 2.75) is 26.3 Å². The minimum Gasteiger partial charge on any atom is -0.496 e. The molecule has 3 heteroatoms. The van der Waals surface area contributed by atoms with E-state index in [0.717, 1.165) is 35.6 Å². The summed E-state index contributed by atoms with van der Waals surface area (Å²) in [4.78, 5) is 4.77. The molecule has 3 rings (SSSR count). The van der Waals surface area contributed by atoms with Gasteiger partial charge in [-0.1, -0.05) is 43.7 Å². The number of hydrogen-bond donors (Lipinski definition) is 0. The van der Waals surface area contributed by atoms with Crippen LogP contribution in [0, 0.1) is 0 Å². The molecule has 0 radical (unpaired) electrons. The molecular weight excluding hydrogens is 284 g/mol. The summed E-state index contributed by atoms with van der Waals surface area (Å²) < 4.78 is 7.71. The fraction of sp³-hybridized carbons (Fsp3) is 0.250. The van der Waals surface area contributed by atoms with Crippen molar-refractivity contribution in [2.24, 2.45) is 0 Å². The van der Waals surface area contributed by atoms with Crippen molar-refractivity contribution in [1.29, 1.82) is 0 Å². The second kappa shape index (κ2) is 7.14. The molecule has 0 saturated heterocycles. The topological polar surface area (TPSA) is 27.1 Å². The molecular formula is C20H22N2O. The summed E-state index contributed by atoms with van der Waals surface area (Å²) in [6.45, 7) is 3.20. The van der Waals surface area contributed by atoms with Gasteiger partial charge in [-0.3, -0.25) is 0 Å². The van der Waals surface area contributed by atoms with Crippen LogP contribution in [0.5, 0.6) is 5.75 Å². The lowest BCUT2D eigenvalue weighted by molar-refractivity contribution is 0.414. The maximum absolute atomic E-state index is 5.41. The molecule has 118 valence electrons. The van der Waals surface area contributed by atoms with E-state index in [4.69, 9.17) is 9.72 Å². The lowest BCUT2D eigenvalue weighted by Crippen LogP contribution is -2.00. The van der Waals surface area contributed by atoms with Gasteiger partial charge in [-0.05, 0) is 36.8 Å². The number of nitrogens with zero attached hydrogens (tertiary/aromatic N) is 2. The largest absolute Gasteiger partial charge is 0.496 e. The van der Waals surface area contributed by atoms with Gasteiger partial charge in [0.05, 0.1) is 18.1 Å². The van der Waals surface area contributed by atoms with Crippen molar-refractivity contribution < 1.29 is 4.74 Å². The van der Waals surface area contributed by atoms with E-state index in [1.54, 1.807) is 7.11 Å². The molecule has 0 aliphatic heterocycles. The molecule has 0 spiro atoms. The Morgan fingerprint density at radius 1 is 1.04 bits per heavy atom. The quantitative estimate of drug-likeness (QED) is 0.639. The van der Waals surface area contributed by atoms with Gasteiger partial charge in [-0.15, -0.1) is 0 Å². The maximum Gasteiger partial charge on any atom is 0.133 e. The van der Waals surface area contributed by atoms with Crippen molar-refractivity contribution >= 4 is 23.2 Å². The summed E-state index contributed by atoms with van der Waals surface area (Å²) in [6.07, 6.45) is 6.47. The summed E-state index contributed by atoms with van der Waals surface area (Å²) >= 11 is 0. The molecule has 1 heterocycles. The fourth-order valence-corrected chi connectivity index (χ4v) is 2.74. The Bertz CT molecular complexity index is 817. The highest BCUT2D eigenvalue weighted by Crippen LogP contribution is 2.22. The molecule has 3 nitrogen and oxygen atoms in total. The van der Waals surface area contributed by atoms with E-state index in [1.165, 1.54) is 11.9 Å². The highest BCUT2D eigenvalue weighted by atomic mass is 16.5. The van der Waals surface area contributed by atoms with Gasteiger partial charge >= 0.3 is 0 Å². The third kappa shape index (κ3) is 3.29. The fourth-order valence-electron chi connectivity index (χ4n) is 2.74. The number of hydrogen-bond acceptors (Lipinski definition) is 2. The molecule has 2 aromatic carbocycles. The van der Waals surface area contributed by atoms with Crippen LogP contribution in [0.1, 0.15) is 31.2 Å². The number of aromatic nitrogens is 2. The summed E-state index contributed by atoms with van der Waals surface area (Å²) in [5.74, 6) is 1.87. The summed E-state index contributed by atoms with van der Waals surface area (Å²) in [5, 5.41) is 0. The standard InChI is InChI=1S/C20H22N2O/c1-3-4-15-22-18-11-7-6-10-17(18)21-20(22)14-13-16-9-5-8-12-19(16)23-2/h5-14H,3-4,15H2,1-2H3. The SMILES string of the molecule is CCCCn1c(C=Cc2ccccc2OC)nc2ccccc21. The zero-order valence-corrected chi connectivity index (χ0v) is 13.7. The van der Waals surface area contributed by atoms with E-state index < -0.39 is 0 Å². The average molecular weight is 306 g/mol. The van der Waals surface area contributed by atoms with Crippen LogP contribution in [0.3, 0.4) is 0 Å². The first-order chi connectivity index (χ1) is 11.3. The number of rotatable bonds is 6. The van der Waals surface area contributed by atoms with Gasteiger partial charge in [-0.2, -0.15) is 0 Å². The Labute approximate surface area is 137 Å². The Balaban J connectivity index is 2.00. The minimum atomic E-state index is 0.875.